The summed E-state index contributed by atoms with van der Waals surface area (Å²) in [5, 5.41) is 12.7. The summed E-state index contributed by atoms with van der Waals surface area (Å²) in [4.78, 5) is 8.52. The van der Waals surface area contributed by atoms with Gasteiger partial charge < -0.3 is 10.6 Å². The van der Waals surface area contributed by atoms with Crippen molar-refractivity contribution in [1.29, 1.82) is 0 Å². The van der Waals surface area contributed by atoms with Crippen molar-refractivity contribution in [1.82, 2.24) is 25.5 Å². The molecular formula is C17H17F3N6. The molecule has 0 saturated carbocycles. The molecule has 6 nitrogen and oxygen atoms in total. The molecule has 1 aliphatic rings. The lowest BCUT2D eigenvalue weighted by Crippen LogP contribution is -2.16. The third-order valence-corrected chi connectivity index (χ3v) is 4.44. The van der Waals surface area contributed by atoms with Crippen LogP contribution in [0.25, 0.3) is 11.0 Å². The second-order valence-electron chi connectivity index (χ2n) is 6.21. The van der Waals surface area contributed by atoms with Gasteiger partial charge in [-0.3, -0.25) is 10.1 Å². The monoisotopic (exact) mass is 362 g/mol. The zero-order chi connectivity index (χ0) is 18.1. The molecular weight excluding hydrogens is 345 g/mol. The first-order valence-electron chi connectivity index (χ1n) is 8.36. The van der Waals surface area contributed by atoms with Crippen LogP contribution in [0.4, 0.5) is 19.0 Å². The molecule has 0 aliphatic carbocycles. The molecule has 0 aromatic carbocycles. The van der Waals surface area contributed by atoms with Gasteiger partial charge in [-0.05, 0) is 37.6 Å². The van der Waals surface area contributed by atoms with Crippen molar-refractivity contribution < 1.29 is 13.2 Å². The highest BCUT2D eigenvalue weighted by molar-refractivity contribution is 5.91. The van der Waals surface area contributed by atoms with E-state index in [1.807, 2.05) is 6.07 Å². The molecule has 4 heterocycles. The Morgan fingerprint density at radius 2 is 2.15 bits per heavy atom. The van der Waals surface area contributed by atoms with Crippen LogP contribution in [-0.4, -0.2) is 26.7 Å². The number of rotatable bonds is 4. The minimum Gasteiger partial charge on any atom is -0.362 e. The van der Waals surface area contributed by atoms with E-state index < -0.39 is 11.7 Å². The summed E-state index contributed by atoms with van der Waals surface area (Å²) in [5.41, 5.74) is 0.495. The molecule has 3 aromatic rings. The number of halogens is 3. The van der Waals surface area contributed by atoms with E-state index in [-0.39, 0.29) is 29.4 Å². The molecule has 1 fully saturated rings. The predicted octanol–water partition coefficient (Wildman–Crippen LogP) is 3.41. The highest BCUT2D eigenvalue weighted by atomic mass is 19.4. The molecule has 1 saturated heterocycles. The number of nitrogens with one attached hydrogen (secondary N) is 3. The number of alkyl halides is 3. The number of pyridine rings is 2. The zero-order valence-electron chi connectivity index (χ0n) is 13.8. The van der Waals surface area contributed by atoms with Crippen molar-refractivity contribution in [2.75, 3.05) is 11.9 Å². The fraction of sp³-hybridized carbons (Fsp3) is 0.353. The van der Waals surface area contributed by atoms with Crippen LogP contribution in [0, 0.1) is 0 Å². The van der Waals surface area contributed by atoms with E-state index in [1.165, 1.54) is 0 Å². The average molecular weight is 362 g/mol. The van der Waals surface area contributed by atoms with Gasteiger partial charge in [0, 0.05) is 12.2 Å². The van der Waals surface area contributed by atoms with Crippen molar-refractivity contribution in [3.05, 3.63) is 47.4 Å². The van der Waals surface area contributed by atoms with Gasteiger partial charge in [0.15, 0.2) is 11.5 Å². The quantitative estimate of drug-likeness (QED) is 0.663. The fourth-order valence-electron chi connectivity index (χ4n) is 3.19. The molecule has 136 valence electrons. The Balaban J connectivity index is 1.73. The molecule has 1 unspecified atom stereocenters. The molecule has 9 heteroatoms. The maximum atomic E-state index is 13.7. The van der Waals surface area contributed by atoms with E-state index in [2.05, 4.69) is 30.8 Å². The van der Waals surface area contributed by atoms with Gasteiger partial charge in [0.25, 0.3) is 0 Å². The molecule has 0 amide bonds. The number of hydrogen-bond acceptors (Lipinski definition) is 5. The van der Waals surface area contributed by atoms with Gasteiger partial charge in [0.1, 0.15) is 0 Å². The Labute approximate surface area is 147 Å². The maximum Gasteiger partial charge on any atom is 0.417 e. The highest BCUT2D eigenvalue weighted by Crippen LogP contribution is 2.38. The lowest BCUT2D eigenvalue weighted by atomic mass is 10.1. The number of nitrogens with zero attached hydrogens (tertiary/aromatic N) is 3. The maximum absolute atomic E-state index is 13.7. The van der Waals surface area contributed by atoms with Crippen LogP contribution in [0.1, 0.15) is 35.8 Å². The first-order chi connectivity index (χ1) is 12.5. The summed E-state index contributed by atoms with van der Waals surface area (Å²) in [5.74, 6) is 0.122. The first kappa shape index (κ1) is 16.8. The third kappa shape index (κ3) is 3.22. The van der Waals surface area contributed by atoms with E-state index in [9.17, 15) is 13.2 Å². The number of hydrogen-bond donors (Lipinski definition) is 3. The van der Waals surface area contributed by atoms with Crippen LogP contribution in [0.2, 0.25) is 0 Å². The molecule has 0 radical (unpaired) electrons. The average Bonchev–Trinajstić information content (AvgIpc) is 3.29. The number of aromatic nitrogens is 4. The van der Waals surface area contributed by atoms with E-state index in [1.54, 1.807) is 18.3 Å². The van der Waals surface area contributed by atoms with Gasteiger partial charge in [-0.2, -0.15) is 18.3 Å². The SMILES string of the molecule is FC(F)(F)c1cc(C2CCCN2)nc2[nH]nc(NCc3ccccn3)c12. The second kappa shape index (κ2) is 6.56. The molecule has 1 aliphatic heterocycles. The number of aromatic amines is 1. The number of fused-ring (bicyclic) bond motifs is 1. The van der Waals surface area contributed by atoms with Crippen LogP contribution in [0.3, 0.4) is 0 Å². The summed E-state index contributed by atoms with van der Waals surface area (Å²) in [6, 6.07) is 6.35. The van der Waals surface area contributed by atoms with Crippen molar-refractivity contribution in [3.63, 3.8) is 0 Å². The van der Waals surface area contributed by atoms with Gasteiger partial charge >= 0.3 is 6.18 Å². The molecule has 0 bridgehead atoms. The molecule has 0 spiro atoms. The molecule has 3 aromatic heterocycles. The van der Waals surface area contributed by atoms with Crippen LogP contribution >= 0.6 is 0 Å². The van der Waals surface area contributed by atoms with E-state index in [0.717, 1.165) is 25.5 Å². The third-order valence-electron chi connectivity index (χ3n) is 4.44. The molecule has 26 heavy (non-hydrogen) atoms. The van der Waals surface area contributed by atoms with Crippen molar-refractivity contribution in [2.45, 2.75) is 31.6 Å². The Kier molecular flexibility index (Phi) is 4.23. The zero-order valence-corrected chi connectivity index (χ0v) is 13.8. The Bertz CT molecular complexity index is 900. The lowest BCUT2D eigenvalue weighted by molar-refractivity contribution is -0.136. The van der Waals surface area contributed by atoms with Crippen LogP contribution in [0.5, 0.6) is 0 Å². The standard InChI is InChI=1S/C17H17F3N6/c18-17(19,20)11-8-13(12-5-3-7-22-12)24-16-14(11)15(25-26-16)23-9-10-4-1-2-6-21-10/h1-2,4,6,8,12,22H,3,5,7,9H2,(H2,23,24,25,26). The van der Waals surface area contributed by atoms with Gasteiger partial charge in [0.05, 0.1) is 28.9 Å². The Morgan fingerprint density at radius 1 is 1.27 bits per heavy atom. The van der Waals surface area contributed by atoms with Crippen molar-refractivity contribution in [2.24, 2.45) is 0 Å². The van der Waals surface area contributed by atoms with Gasteiger partial charge in [-0.25, -0.2) is 4.98 Å². The first-order valence-corrected chi connectivity index (χ1v) is 8.36. The minimum atomic E-state index is -4.50. The lowest BCUT2D eigenvalue weighted by Gasteiger charge is -2.14. The van der Waals surface area contributed by atoms with Gasteiger partial charge in [-0.1, -0.05) is 6.07 Å². The van der Waals surface area contributed by atoms with E-state index in [0.29, 0.717) is 11.4 Å². The summed E-state index contributed by atoms with van der Waals surface area (Å²) in [6.45, 7) is 1.05. The predicted molar refractivity (Wildman–Crippen MR) is 90.4 cm³/mol. The summed E-state index contributed by atoms with van der Waals surface area (Å²) in [7, 11) is 0. The van der Waals surface area contributed by atoms with E-state index in [4.69, 9.17) is 0 Å². The normalized spacial score (nSPS) is 17.7. The van der Waals surface area contributed by atoms with Crippen molar-refractivity contribution >= 4 is 16.9 Å². The van der Waals surface area contributed by atoms with Gasteiger partial charge in [0.2, 0.25) is 0 Å². The smallest absolute Gasteiger partial charge is 0.362 e. The van der Waals surface area contributed by atoms with Crippen molar-refractivity contribution in [3.8, 4) is 0 Å². The molecule has 4 rings (SSSR count). The van der Waals surface area contributed by atoms with Crippen LogP contribution < -0.4 is 10.6 Å². The van der Waals surface area contributed by atoms with E-state index >= 15 is 0 Å². The summed E-state index contributed by atoms with van der Waals surface area (Å²) < 4.78 is 41.0. The fourth-order valence-corrected chi connectivity index (χ4v) is 3.19. The summed E-state index contributed by atoms with van der Waals surface area (Å²) in [6.07, 6.45) is -1.18. The highest BCUT2D eigenvalue weighted by Gasteiger charge is 2.36. The minimum absolute atomic E-state index is 0.0461. The number of H-pyrrole nitrogens is 1. The van der Waals surface area contributed by atoms with Crippen LogP contribution in [-0.2, 0) is 12.7 Å². The van der Waals surface area contributed by atoms with Crippen LogP contribution in [0.15, 0.2) is 30.5 Å². The summed E-state index contributed by atoms with van der Waals surface area (Å²) >= 11 is 0. The number of anilines is 1. The largest absolute Gasteiger partial charge is 0.417 e. The molecule has 3 N–H and O–H groups in total. The second-order valence-corrected chi connectivity index (χ2v) is 6.21. The Morgan fingerprint density at radius 3 is 2.85 bits per heavy atom. The molecule has 1 atom stereocenters. The van der Waals surface area contributed by atoms with Gasteiger partial charge in [-0.15, -0.1) is 0 Å². The topological polar surface area (TPSA) is 78.5 Å². The Hall–Kier alpha value is -2.68.